The van der Waals surface area contributed by atoms with Crippen LogP contribution < -0.4 is 10.1 Å². The first-order valence-electron chi connectivity index (χ1n) is 9.92. The maximum absolute atomic E-state index is 12.7. The molecule has 0 spiro atoms. The number of amides is 1. The third-order valence-corrected chi connectivity index (χ3v) is 6.99. The van der Waals surface area contributed by atoms with Crippen molar-refractivity contribution in [2.24, 2.45) is 0 Å². The zero-order valence-electron chi connectivity index (χ0n) is 17.1. The first-order chi connectivity index (χ1) is 13.8. The molecule has 0 saturated carbocycles. The molecule has 1 aliphatic rings. The number of piperidine rings is 1. The number of aryl methyl sites for hydroxylation is 2. The smallest absolute Gasteiger partial charge is 0.265 e. The summed E-state index contributed by atoms with van der Waals surface area (Å²) in [5.41, 5.74) is 2.63. The molecular formula is C22H28N2O4S. The molecule has 0 aliphatic carbocycles. The second-order valence-corrected chi connectivity index (χ2v) is 9.45. The van der Waals surface area contributed by atoms with Crippen LogP contribution in [0.1, 0.15) is 37.3 Å². The van der Waals surface area contributed by atoms with Crippen molar-refractivity contribution in [3.8, 4) is 5.75 Å². The van der Waals surface area contributed by atoms with Gasteiger partial charge in [-0.15, -0.1) is 0 Å². The molecule has 1 atom stereocenters. The van der Waals surface area contributed by atoms with Crippen molar-refractivity contribution in [2.45, 2.75) is 51.0 Å². The number of anilines is 1. The van der Waals surface area contributed by atoms with Crippen molar-refractivity contribution in [3.05, 3.63) is 53.6 Å². The van der Waals surface area contributed by atoms with Crippen molar-refractivity contribution in [2.75, 3.05) is 18.4 Å². The molecule has 1 amide bonds. The number of ether oxygens (including phenoxy) is 1. The number of benzene rings is 2. The van der Waals surface area contributed by atoms with E-state index in [0.717, 1.165) is 30.4 Å². The average molecular weight is 417 g/mol. The van der Waals surface area contributed by atoms with Crippen LogP contribution in [0.2, 0.25) is 0 Å². The molecule has 29 heavy (non-hydrogen) atoms. The van der Waals surface area contributed by atoms with Crippen molar-refractivity contribution in [1.29, 1.82) is 0 Å². The number of carbonyl (C=O) groups is 1. The number of hydrogen-bond acceptors (Lipinski definition) is 4. The molecule has 0 unspecified atom stereocenters. The van der Waals surface area contributed by atoms with Crippen molar-refractivity contribution in [3.63, 3.8) is 0 Å². The number of nitrogens with one attached hydrogen (secondary N) is 1. The summed E-state index contributed by atoms with van der Waals surface area (Å²) in [6, 6.07) is 12.1. The summed E-state index contributed by atoms with van der Waals surface area (Å²) in [4.78, 5) is 12.7. The van der Waals surface area contributed by atoms with Crippen LogP contribution in [0.15, 0.2) is 47.4 Å². The van der Waals surface area contributed by atoms with E-state index in [4.69, 9.17) is 4.74 Å². The molecule has 2 aromatic rings. The van der Waals surface area contributed by atoms with Crippen LogP contribution in [0.4, 0.5) is 5.69 Å². The van der Waals surface area contributed by atoms with Gasteiger partial charge in [0.05, 0.1) is 4.90 Å². The van der Waals surface area contributed by atoms with Gasteiger partial charge in [0, 0.05) is 18.8 Å². The minimum Gasteiger partial charge on any atom is -0.481 e. The number of rotatable bonds is 6. The van der Waals surface area contributed by atoms with Gasteiger partial charge < -0.3 is 10.1 Å². The van der Waals surface area contributed by atoms with Gasteiger partial charge in [0.25, 0.3) is 5.91 Å². The maximum Gasteiger partial charge on any atom is 0.265 e. The highest BCUT2D eigenvalue weighted by Crippen LogP contribution is 2.23. The molecule has 0 aromatic heterocycles. The number of hydrogen-bond donors (Lipinski definition) is 1. The van der Waals surface area contributed by atoms with E-state index in [-0.39, 0.29) is 10.8 Å². The Labute approximate surface area is 172 Å². The second-order valence-electron chi connectivity index (χ2n) is 7.51. The van der Waals surface area contributed by atoms with E-state index < -0.39 is 16.1 Å². The number of sulfonamides is 1. The summed E-state index contributed by atoms with van der Waals surface area (Å²) in [5, 5.41) is 2.78. The molecule has 156 valence electrons. The molecule has 1 N–H and O–H groups in total. The molecule has 1 heterocycles. The highest BCUT2D eigenvalue weighted by atomic mass is 32.2. The van der Waals surface area contributed by atoms with E-state index in [1.807, 2.05) is 32.0 Å². The van der Waals surface area contributed by atoms with Gasteiger partial charge in [-0.2, -0.15) is 4.31 Å². The molecule has 1 saturated heterocycles. The number of carbonyl (C=O) groups excluding carboxylic acids is 1. The zero-order chi connectivity index (χ0) is 21.0. The lowest BCUT2D eigenvalue weighted by Crippen LogP contribution is -2.35. The Morgan fingerprint density at radius 2 is 1.69 bits per heavy atom. The molecule has 6 nitrogen and oxygen atoms in total. The summed E-state index contributed by atoms with van der Waals surface area (Å²) in [6.45, 7) is 6.75. The lowest BCUT2D eigenvalue weighted by atomic mass is 10.1. The third kappa shape index (κ3) is 5.16. The van der Waals surface area contributed by atoms with Crippen LogP contribution in [0.3, 0.4) is 0 Å². The molecular weight excluding hydrogens is 388 g/mol. The van der Waals surface area contributed by atoms with Gasteiger partial charge in [-0.3, -0.25) is 4.79 Å². The van der Waals surface area contributed by atoms with E-state index >= 15 is 0 Å². The van der Waals surface area contributed by atoms with E-state index in [0.29, 0.717) is 24.5 Å². The summed E-state index contributed by atoms with van der Waals surface area (Å²) in [6.07, 6.45) is 2.17. The fraction of sp³-hybridized carbons (Fsp3) is 0.409. The van der Waals surface area contributed by atoms with Crippen LogP contribution >= 0.6 is 0 Å². The topological polar surface area (TPSA) is 75.7 Å². The van der Waals surface area contributed by atoms with Crippen LogP contribution in [0, 0.1) is 13.8 Å². The molecule has 2 aromatic carbocycles. The Kier molecular flexibility index (Phi) is 6.59. The minimum absolute atomic E-state index is 0.247. The molecule has 7 heteroatoms. The van der Waals surface area contributed by atoms with E-state index in [1.165, 1.54) is 16.4 Å². The maximum atomic E-state index is 12.7. The molecule has 1 aliphatic heterocycles. The van der Waals surface area contributed by atoms with Crippen molar-refractivity contribution < 1.29 is 17.9 Å². The molecule has 0 radical (unpaired) electrons. The van der Waals surface area contributed by atoms with Gasteiger partial charge in [0.1, 0.15) is 5.75 Å². The van der Waals surface area contributed by atoms with Gasteiger partial charge in [-0.25, -0.2) is 8.42 Å². The SMILES string of the molecule is Cc1ccc(O[C@H](C)C(=O)Nc2ccc(S(=O)(=O)N3CCCCC3)cc2)c(C)c1. The average Bonchev–Trinajstić information content (AvgIpc) is 2.71. The minimum atomic E-state index is -3.48. The molecule has 0 bridgehead atoms. The first-order valence-corrected chi connectivity index (χ1v) is 11.4. The third-order valence-electron chi connectivity index (χ3n) is 5.08. The predicted octanol–water partition coefficient (Wildman–Crippen LogP) is 3.88. The monoisotopic (exact) mass is 416 g/mol. The summed E-state index contributed by atoms with van der Waals surface area (Å²) in [5.74, 6) is 0.373. The van der Waals surface area contributed by atoms with Crippen LogP contribution in [-0.4, -0.2) is 37.8 Å². The zero-order valence-corrected chi connectivity index (χ0v) is 18.0. The highest BCUT2D eigenvalue weighted by molar-refractivity contribution is 7.89. The van der Waals surface area contributed by atoms with Crippen LogP contribution in [-0.2, 0) is 14.8 Å². The lowest BCUT2D eigenvalue weighted by molar-refractivity contribution is -0.122. The molecule has 3 rings (SSSR count). The van der Waals surface area contributed by atoms with E-state index in [1.54, 1.807) is 19.1 Å². The summed E-state index contributed by atoms with van der Waals surface area (Å²) >= 11 is 0. The Morgan fingerprint density at radius 1 is 1.03 bits per heavy atom. The van der Waals surface area contributed by atoms with Gasteiger partial charge >= 0.3 is 0 Å². The highest BCUT2D eigenvalue weighted by Gasteiger charge is 2.26. The largest absolute Gasteiger partial charge is 0.481 e. The first kappa shape index (κ1) is 21.3. The summed E-state index contributed by atoms with van der Waals surface area (Å²) in [7, 11) is -3.48. The molecule has 1 fully saturated rings. The van der Waals surface area contributed by atoms with Crippen molar-refractivity contribution >= 4 is 21.6 Å². The number of nitrogens with zero attached hydrogens (tertiary/aromatic N) is 1. The Morgan fingerprint density at radius 3 is 2.31 bits per heavy atom. The standard InChI is InChI=1S/C22H28N2O4S/c1-16-7-12-21(17(2)15-16)28-18(3)22(25)23-19-8-10-20(11-9-19)29(26,27)24-13-5-4-6-14-24/h7-12,15,18H,4-6,13-14H2,1-3H3,(H,23,25)/t18-/m1/s1. The quantitative estimate of drug-likeness (QED) is 0.775. The van der Waals surface area contributed by atoms with E-state index in [2.05, 4.69) is 5.32 Å². The van der Waals surface area contributed by atoms with Gasteiger partial charge in [0.2, 0.25) is 10.0 Å². The fourth-order valence-electron chi connectivity index (χ4n) is 3.38. The lowest BCUT2D eigenvalue weighted by Gasteiger charge is -2.25. The van der Waals surface area contributed by atoms with Gasteiger partial charge in [-0.1, -0.05) is 24.1 Å². The summed E-state index contributed by atoms with van der Waals surface area (Å²) < 4.78 is 32.7. The predicted molar refractivity (Wildman–Crippen MR) is 114 cm³/mol. The Balaban J connectivity index is 1.63. The van der Waals surface area contributed by atoms with Crippen LogP contribution in [0.25, 0.3) is 0 Å². The fourth-order valence-corrected chi connectivity index (χ4v) is 4.90. The Bertz CT molecular complexity index is 965. The van der Waals surface area contributed by atoms with Gasteiger partial charge in [0.15, 0.2) is 6.10 Å². The van der Waals surface area contributed by atoms with Crippen molar-refractivity contribution in [1.82, 2.24) is 4.31 Å². The van der Waals surface area contributed by atoms with Gasteiger partial charge in [-0.05, 0) is 69.5 Å². The Hall–Kier alpha value is -2.38. The normalized spacial score (nSPS) is 16.2. The van der Waals surface area contributed by atoms with Crippen LogP contribution in [0.5, 0.6) is 5.75 Å². The van der Waals surface area contributed by atoms with E-state index in [9.17, 15) is 13.2 Å². The second kappa shape index (κ2) is 8.97.